The van der Waals surface area contributed by atoms with Gasteiger partial charge in [-0.1, -0.05) is 17.7 Å². The zero-order valence-electron chi connectivity index (χ0n) is 13.8. The van der Waals surface area contributed by atoms with Crippen LogP contribution in [0.3, 0.4) is 0 Å². The Kier molecular flexibility index (Phi) is 4.37. The molecule has 0 unspecified atom stereocenters. The second-order valence-corrected chi connectivity index (χ2v) is 6.39. The molecule has 0 aliphatic rings. The molecule has 0 fully saturated rings. The Balaban J connectivity index is 2.26. The predicted molar refractivity (Wildman–Crippen MR) is 86.3 cm³/mol. The third-order valence-electron chi connectivity index (χ3n) is 3.36. The minimum Gasteiger partial charge on any atom is -0.389 e. The molecule has 2 aromatic rings. The molecule has 1 aromatic carbocycles. The van der Waals surface area contributed by atoms with Crippen LogP contribution in [0.5, 0.6) is 0 Å². The van der Waals surface area contributed by atoms with E-state index in [1.807, 2.05) is 38.1 Å². The molecule has 0 bridgehead atoms. The van der Waals surface area contributed by atoms with Crippen molar-refractivity contribution in [3.05, 3.63) is 47.3 Å². The Bertz CT molecular complexity index is 666. The summed E-state index contributed by atoms with van der Waals surface area (Å²) in [5, 5.41) is 14.2. The zero-order chi connectivity index (χ0) is 16.5. The highest BCUT2D eigenvalue weighted by atomic mass is 16.3. The zero-order valence-corrected chi connectivity index (χ0v) is 13.8. The summed E-state index contributed by atoms with van der Waals surface area (Å²) < 4.78 is 1.75. The lowest BCUT2D eigenvalue weighted by Gasteiger charge is -2.24. The minimum absolute atomic E-state index is 0.198. The molecule has 5 heteroatoms. The van der Waals surface area contributed by atoms with Gasteiger partial charge in [0.05, 0.1) is 11.3 Å². The number of amides is 1. The Morgan fingerprint density at radius 1 is 1.27 bits per heavy atom. The van der Waals surface area contributed by atoms with E-state index in [9.17, 15) is 9.90 Å². The quantitative estimate of drug-likeness (QED) is 0.943. The van der Waals surface area contributed by atoms with Crippen LogP contribution in [0.25, 0.3) is 5.69 Å². The number of hydrogen-bond donors (Lipinski definition) is 1. The molecule has 0 aliphatic carbocycles. The van der Waals surface area contributed by atoms with E-state index >= 15 is 0 Å². The van der Waals surface area contributed by atoms with E-state index in [1.54, 1.807) is 31.6 Å². The first-order valence-corrected chi connectivity index (χ1v) is 7.29. The minimum atomic E-state index is -0.932. The van der Waals surface area contributed by atoms with Gasteiger partial charge in [-0.05, 0) is 45.9 Å². The summed E-state index contributed by atoms with van der Waals surface area (Å²) in [6.45, 7) is 7.54. The Morgan fingerprint density at radius 2 is 1.86 bits per heavy atom. The first-order valence-electron chi connectivity index (χ1n) is 7.29. The Morgan fingerprint density at radius 3 is 2.41 bits per heavy atom. The fourth-order valence-corrected chi connectivity index (χ4v) is 2.37. The van der Waals surface area contributed by atoms with Gasteiger partial charge >= 0.3 is 0 Å². The van der Waals surface area contributed by atoms with Crippen LogP contribution >= 0.6 is 0 Å². The lowest BCUT2D eigenvalue weighted by Crippen LogP contribution is -2.39. The van der Waals surface area contributed by atoms with E-state index in [0.29, 0.717) is 5.69 Å². The molecule has 0 saturated heterocycles. The second-order valence-electron chi connectivity index (χ2n) is 6.39. The fourth-order valence-electron chi connectivity index (χ4n) is 2.37. The van der Waals surface area contributed by atoms with E-state index in [-0.39, 0.29) is 12.5 Å². The second kappa shape index (κ2) is 5.93. The molecular weight excluding hydrogens is 278 g/mol. The molecule has 2 rings (SSSR count). The SMILES string of the molecule is Cc1ccc(-n2nc(C(=O)N(C)CC(C)(C)O)cc2C)cc1. The van der Waals surface area contributed by atoms with Gasteiger partial charge in [-0.25, -0.2) is 4.68 Å². The summed E-state index contributed by atoms with van der Waals surface area (Å²) in [5.41, 5.74) is 2.44. The number of carbonyl (C=O) groups excluding carboxylic acids is 1. The third-order valence-corrected chi connectivity index (χ3v) is 3.36. The number of aromatic nitrogens is 2. The van der Waals surface area contributed by atoms with Gasteiger partial charge in [-0.15, -0.1) is 0 Å². The molecule has 118 valence electrons. The molecule has 0 spiro atoms. The van der Waals surface area contributed by atoms with Gasteiger partial charge in [-0.2, -0.15) is 5.10 Å². The molecule has 1 aromatic heterocycles. The van der Waals surface area contributed by atoms with Crippen molar-refractivity contribution in [3.63, 3.8) is 0 Å². The monoisotopic (exact) mass is 301 g/mol. The van der Waals surface area contributed by atoms with Crippen molar-refractivity contribution in [2.24, 2.45) is 0 Å². The molecule has 0 aliphatic heterocycles. The van der Waals surface area contributed by atoms with Crippen molar-refractivity contribution in [1.82, 2.24) is 14.7 Å². The lowest BCUT2D eigenvalue weighted by molar-refractivity contribution is 0.0364. The van der Waals surface area contributed by atoms with Crippen LogP contribution in [0.2, 0.25) is 0 Å². The third kappa shape index (κ3) is 3.74. The fraction of sp³-hybridized carbons (Fsp3) is 0.412. The molecule has 0 saturated carbocycles. The highest BCUT2D eigenvalue weighted by Gasteiger charge is 2.22. The summed E-state index contributed by atoms with van der Waals surface area (Å²) in [6.07, 6.45) is 0. The summed E-state index contributed by atoms with van der Waals surface area (Å²) in [4.78, 5) is 13.9. The van der Waals surface area contributed by atoms with Crippen molar-refractivity contribution < 1.29 is 9.90 Å². The smallest absolute Gasteiger partial charge is 0.274 e. The summed E-state index contributed by atoms with van der Waals surface area (Å²) in [6, 6.07) is 9.74. The van der Waals surface area contributed by atoms with Crippen LogP contribution in [0.15, 0.2) is 30.3 Å². The normalized spacial score (nSPS) is 11.5. The maximum Gasteiger partial charge on any atom is 0.274 e. The molecule has 5 nitrogen and oxygen atoms in total. The Labute approximate surface area is 131 Å². The van der Waals surface area contributed by atoms with Gasteiger partial charge in [0, 0.05) is 19.3 Å². The van der Waals surface area contributed by atoms with Crippen molar-refractivity contribution >= 4 is 5.91 Å². The topological polar surface area (TPSA) is 58.4 Å². The van der Waals surface area contributed by atoms with Crippen LogP contribution in [0.4, 0.5) is 0 Å². The number of aliphatic hydroxyl groups is 1. The van der Waals surface area contributed by atoms with Crippen molar-refractivity contribution in [1.29, 1.82) is 0 Å². The number of likely N-dealkylation sites (N-methyl/N-ethyl adjacent to an activating group) is 1. The largest absolute Gasteiger partial charge is 0.389 e. The van der Waals surface area contributed by atoms with Gasteiger partial charge in [0.15, 0.2) is 5.69 Å². The van der Waals surface area contributed by atoms with E-state index in [0.717, 1.165) is 11.4 Å². The van der Waals surface area contributed by atoms with Crippen molar-refractivity contribution in [2.45, 2.75) is 33.3 Å². The average molecular weight is 301 g/mol. The van der Waals surface area contributed by atoms with E-state index in [1.165, 1.54) is 10.5 Å². The number of hydrogen-bond acceptors (Lipinski definition) is 3. The molecule has 1 N–H and O–H groups in total. The van der Waals surface area contributed by atoms with Gasteiger partial charge in [0.2, 0.25) is 0 Å². The van der Waals surface area contributed by atoms with Gasteiger partial charge in [-0.3, -0.25) is 4.79 Å². The van der Waals surface area contributed by atoms with Gasteiger partial charge in [0.25, 0.3) is 5.91 Å². The van der Waals surface area contributed by atoms with Crippen molar-refractivity contribution in [3.8, 4) is 5.69 Å². The molecule has 0 radical (unpaired) electrons. The van der Waals surface area contributed by atoms with Crippen LogP contribution in [0, 0.1) is 13.8 Å². The predicted octanol–water partition coefficient (Wildman–Crippen LogP) is 2.33. The summed E-state index contributed by atoms with van der Waals surface area (Å²) in [5.74, 6) is -0.198. The molecular formula is C17H23N3O2. The number of nitrogens with zero attached hydrogens (tertiary/aromatic N) is 3. The van der Waals surface area contributed by atoms with E-state index < -0.39 is 5.60 Å². The maximum atomic E-state index is 12.4. The van der Waals surface area contributed by atoms with Crippen LogP contribution in [0.1, 0.15) is 35.6 Å². The molecule has 1 heterocycles. The first-order chi connectivity index (χ1) is 10.2. The lowest BCUT2D eigenvalue weighted by atomic mass is 10.1. The van der Waals surface area contributed by atoms with E-state index in [2.05, 4.69) is 5.10 Å². The van der Waals surface area contributed by atoms with E-state index in [4.69, 9.17) is 0 Å². The average Bonchev–Trinajstić information content (AvgIpc) is 2.79. The van der Waals surface area contributed by atoms with Gasteiger partial charge in [0.1, 0.15) is 0 Å². The number of rotatable bonds is 4. The van der Waals surface area contributed by atoms with Crippen LogP contribution in [-0.2, 0) is 0 Å². The van der Waals surface area contributed by atoms with Crippen molar-refractivity contribution in [2.75, 3.05) is 13.6 Å². The van der Waals surface area contributed by atoms with Crippen LogP contribution in [-0.4, -0.2) is 44.9 Å². The van der Waals surface area contributed by atoms with Crippen LogP contribution < -0.4 is 0 Å². The number of aryl methyl sites for hydroxylation is 2. The maximum absolute atomic E-state index is 12.4. The summed E-state index contributed by atoms with van der Waals surface area (Å²) in [7, 11) is 1.67. The van der Waals surface area contributed by atoms with Gasteiger partial charge < -0.3 is 10.0 Å². The Hall–Kier alpha value is -2.14. The standard InChI is InChI=1S/C17H23N3O2/c1-12-6-8-14(9-7-12)20-13(2)10-15(18-20)16(21)19(5)11-17(3,4)22/h6-10,22H,11H2,1-5H3. The number of carbonyl (C=O) groups is 1. The first kappa shape index (κ1) is 16.2. The molecule has 1 amide bonds. The highest BCUT2D eigenvalue weighted by molar-refractivity contribution is 5.92. The summed E-state index contributed by atoms with van der Waals surface area (Å²) >= 11 is 0. The molecule has 0 atom stereocenters. The highest BCUT2D eigenvalue weighted by Crippen LogP contribution is 2.15. The number of benzene rings is 1. The molecule has 22 heavy (non-hydrogen) atoms.